The van der Waals surface area contributed by atoms with Gasteiger partial charge in [0.25, 0.3) is 5.91 Å². The van der Waals surface area contributed by atoms with Gasteiger partial charge < -0.3 is 20.1 Å². The second-order valence-corrected chi connectivity index (χ2v) is 8.22. The Labute approximate surface area is 211 Å². The van der Waals surface area contributed by atoms with E-state index in [4.69, 9.17) is 9.47 Å². The fourth-order valence-corrected chi connectivity index (χ4v) is 3.82. The maximum absolute atomic E-state index is 12.7. The van der Waals surface area contributed by atoms with Crippen LogP contribution in [0.25, 0.3) is 0 Å². The van der Waals surface area contributed by atoms with Gasteiger partial charge in [-0.2, -0.15) is 0 Å². The van der Waals surface area contributed by atoms with Crippen molar-refractivity contribution in [3.63, 3.8) is 0 Å². The first kappa shape index (κ1) is 26.5. The van der Waals surface area contributed by atoms with Crippen LogP contribution in [-0.2, 0) is 33.6 Å². The highest BCUT2D eigenvalue weighted by molar-refractivity contribution is 6.02. The van der Waals surface area contributed by atoms with Gasteiger partial charge >= 0.3 is 5.97 Å². The number of methoxy groups -OCH3 is 1. The third kappa shape index (κ3) is 7.18. The van der Waals surface area contributed by atoms with Crippen LogP contribution in [0.4, 0.5) is 11.4 Å². The molecular weight excluding hydrogens is 456 g/mol. The molecule has 2 amide bonds. The molecule has 0 aromatic heterocycles. The number of hydrogen-bond acceptors (Lipinski definition) is 5. The number of nitrogens with one attached hydrogen (secondary N) is 2. The number of para-hydroxylation sites is 2. The van der Waals surface area contributed by atoms with Crippen molar-refractivity contribution in [2.45, 2.75) is 39.5 Å². The van der Waals surface area contributed by atoms with Crippen LogP contribution in [0.1, 0.15) is 47.3 Å². The Hall–Kier alpha value is -4.13. The Morgan fingerprint density at radius 2 is 1.44 bits per heavy atom. The van der Waals surface area contributed by atoms with Gasteiger partial charge in [-0.15, -0.1) is 0 Å². The maximum Gasteiger partial charge on any atom is 0.340 e. The molecule has 0 unspecified atom stereocenters. The van der Waals surface area contributed by atoms with E-state index in [1.54, 1.807) is 31.4 Å². The Morgan fingerprint density at radius 3 is 2.08 bits per heavy atom. The average molecular weight is 489 g/mol. The molecule has 0 bridgehead atoms. The molecular formula is C29H32N2O5. The van der Waals surface area contributed by atoms with Crippen LogP contribution in [0.2, 0.25) is 0 Å². The lowest BCUT2D eigenvalue weighted by Crippen LogP contribution is -2.23. The SMILES string of the molecule is CCc1cccc(CC)c1NC(=O)COC(=O)c1ccccc1NC(=O)CCc1ccc(OC)cc1. The number of amides is 2. The number of rotatable bonds is 11. The van der Waals surface area contributed by atoms with Crippen molar-refractivity contribution in [1.29, 1.82) is 0 Å². The molecule has 0 aliphatic heterocycles. The van der Waals surface area contributed by atoms with Crippen molar-refractivity contribution in [3.8, 4) is 5.75 Å². The topological polar surface area (TPSA) is 93.7 Å². The monoisotopic (exact) mass is 488 g/mol. The molecule has 7 heteroatoms. The van der Waals surface area contributed by atoms with E-state index in [0.717, 1.165) is 41.0 Å². The van der Waals surface area contributed by atoms with Gasteiger partial charge in [-0.05, 0) is 60.2 Å². The summed E-state index contributed by atoms with van der Waals surface area (Å²) in [5.74, 6) is -0.576. The number of ether oxygens (including phenoxy) is 2. The number of anilines is 2. The fourth-order valence-electron chi connectivity index (χ4n) is 3.82. The molecule has 0 radical (unpaired) electrons. The summed E-state index contributed by atoms with van der Waals surface area (Å²) in [6.07, 6.45) is 2.33. The summed E-state index contributed by atoms with van der Waals surface area (Å²) in [6.45, 7) is 3.61. The molecule has 7 nitrogen and oxygen atoms in total. The van der Waals surface area contributed by atoms with Gasteiger partial charge in [0.15, 0.2) is 6.61 Å². The second-order valence-electron chi connectivity index (χ2n) is 8.22. The van der Waals surface area contributed by atoms with Crippen LogP contribution in [0, 0.1) is 0 Å². The number of esters is 1. The van der Waals surface area contributed by atoms with Crippen molar-refractivity contribution in [2.24, 2.45) is 0 Å². The summed E-state index contributed by atoms with van der Waals surface area (Å²) in [5.41, 5.74) is 4.35. The van der Waals surface area contributed by atoms with Crippen LogP contribution in [0.5, 0.6) is 5.75 Å². The maximum atomic E-state index is 12.7. The van der Waals surface area contributed by atoms with Gasteiger partial charge in [0.2, 0.25) is 5.91 Å². The zero-order valence-electron chi connectivity index (χ0n) is 20.9. The van der Waals surface area contributed by atoms with Gasteiger partial charge in [0, 0.05) is 12.1 Å². The highest BCUT2D eigenvalue weighted by Gasteiger charge is 2.17. The Morgan fingerprint density at radius 1 is 0.778 bits per heavy atom. The van der Waals surface area contributed by atoms with Crippen molar-refractivity contribution in [2.75, 3.05) is 24.4 Å². The lowest BCUT2D eigenvalue weighted by molar-refractivity contribution is -0.119. The molecule has 0 fully saturated rings. The molecule has 0 aliphatic carbocycles. The smallest absolute Gasteiger partial charge is 0.340 e. The number of aryl methyl sites for hydroxylation is 3. The predicted octanol–water partition coefficient (Wildman–Crippen LogP) is 5.19. The Kier molecular flexibility index (Phi) is 9.63. The van der Waals surface area contributed by atoms with Gasteiger partial charge in [0.1, 0.15) is 5.75 Å². The largest absolute Gasteiger partial charge is 0.497 e. The molecule has 3 aromatic carbocycles. The van der Waals surface area contributed by atoms with Gasteiger partial charge in [-0.25, -0.2) is 4.79 Å². The summed E-state index contributed by atoms with van der Waals surface area (Å²) in [6, 6.07) is 20.0. The lowest BCUT2D eigenvalue weighted by atomic mass is 10.0. The number of benzene rings is 3. The zero-order valence-corrected chi connectivity index (χ0v) is 20.9. The molecule has 3 rings (SSSR count). The summed E-state index contributed by atoms with van der Waals surface area (Å²) in [5, 5.41) is 5.66. The molecule has 188 valence electrons. The van der Waals surface area contributed by atoms with E-state index in [9.17, 15) is 14.4 Å². The third-order valence-corrected chi connectivity index (χ3v) is 5.82. The fraction of sp³-hybridized carbons (Fsp3) is 0.276. The number of carbonyl (C=O) groups is 3. The molecule has 0 spiro atoms. The summed E-state index contributed by atoms with van der Waals surface area (Å²) in [7, 11) is 1.60. The first-order valence-corrected chi connectivity index (χ1v) is 12.0. The van der Waals surface area contributed by atoms with E-state index in [-0.39, 0.29) is 17.9 Å². The van der Waals surface area contributed by atoms with Crippen LogP contribution in [0.15, 0.2) is 66.7 Å². The van der Waals surface area contributed by atoms with E-state index in [1.165, 1.54) is 0 Å². The molecule has 0 saturated heterocycles. The first-order chi connectivity index (χ1) is 17.4. The van der Waals surface area contributed by atoms with Crippen molar-refractivity contribution in [3.05, 3.63) is 89.0 Å². The van der Waals surface area contributed by atoms with Gasteiger partial charge in [-0.1, -0.05) is 56.3 Å². The minimum atomic E-state index is -0.685. The summed E-state index contributed by atoms with van der Waals surface area (Å²) >= 11 is 0. The van der Waals surface area contributed by atoms with Crippen molar-refractivity contribution >= 4 is 29.2 Å². The van der Waals surface area contributed by atoms with E-state index in [0.29, 0.717) is 12.1 Å². The van der Waals surface area contributed by atoms with Crippen LogP contribution < -0.4 is 15.4 Å². The molecule has 36 heavy (non-hydrogen) atoms. The molecule has 3 aromatic rings. The summed E-state index contributed by atoms with van der Waals surface area (Å²) < 4.78 is 10.4. The van der Waals surface area contributed by atoms with E-state index in [2.05, 4.69) is 10.6 Å². The van der Waals surface area contributed by atoms with Crippen molar-refractivity contribution < 1.29 is 23.9 Å². The van der Waals surface area contributed by atoms with Crippen LogP contribution in [-0.4, -0.2) is 31.5 Å². The molecule has 0 saturated carbocycles. The minimum Gasteiger partial charge on any atom is -0.497 e. The summed E-state index contributed by atoms with van der Waals surface area (Å²) in [4.78, 5) is 37.8. The predicted molar refractivity (Wildman–Crippen MR) is 140 cm³/mol. The minimum absolute atomic E-state index is 0.186. The first-order valence-electron chi connectivity index (χ1n) is 12.0. The lowest BCUT2D eigenvalue weighted by Gasteiger charge is -2.15. The second kappa shape index (κ2) is 13.1. The van der Waals surface area contributed by atoms with E-state index < -0.39 is 18.5 Å². The molecule has 0 atom stereocenters. The average Bonchev–Trinajstić information content (AvgIpc) is 2.91. The van der Waals surface area contributed by atoms with Crippen LogP contribution in [0.3, 0.4) is 0 Å². The van der Waals surface area contributed by atoms with Gasteiger partial charge in [-0.3, -0.25) is 9.59 Å². The number of hydrogen-bond donors (Lipinski definition) is 2. The van der Waals surface area contributed by atoms with Gasteiger partial charge in [0.05, 0.1) is 18.4 Å². The number of carbonyl (C=O) groups excluding carboxylic acids is 3. The van der Waals surface area contributed by atoms with E-state index in [1.807, 2.05) is 56.3 Å². The zero-order chi connectivity index (χ0) is 25.9. The van der Waals surface area contributed by atoms with Crippen molar-refractivity contribution in [1.82, 2.24) is 0 Å². The highest BCUT2D eigenvalue weighted by atomic mass is 16.5. The van der Waals surface area contributed by atoms with Crippen LogP contribution >= 0.6 is 0 Å². The normalized spacial score (nSPS) is 10.4. The van der Waals surface area contributed by atoms with E-state index >= 15 is 0 Å². The third-order valence-electron chi connectivity index (χ3n) is 5.82. The quantitative estimate of drug-likeness (QED) is 0.363. The Balaban J connectivity index is 1.57. The molecule has 0 aliphatic rings. The highest BCUT2D eigenvalue weighted by Crippen LogP contribution is 2.23. The Bertz CT molecular complexity index is 1180. The standard InChI is InChI=1S/C29H32N2O5/c1-4-21-9-8-10-22(5-2)28(21)31-27(33)19-36-29(34)24-11-6-7-12-25(24)30-26(32)18-15-20-13-16-23(35-3)17-14-20/h6-14,16-17H,4-5,15,18-19H2,1-3H3,(H,30,32)(H,31,33). The molecule has 0 heterocycles. The molecule has 2 N–H and O–H groups in total.